The van der Waals surface area contributed by atoms with Gasteiger partial charge in [-0.05, 0) is 42.0 Å². The molecule has 3 heteroatoms. The molecular weight excluding hydrogens is 215 g/mol. The van der Waals surface area contributed by atoms with E-state index in [4.69, 9.17) is 5.73 Å². The fourth-order valence-electron chi connectivity index (χ4n) is 2.43. The predicted octanol–water partition coefficient (Wildman–Crippen LogP) is 2.77. The average Bonchev–Trinajstić information content (AvgIpc) is 2.32. The van der Waals surface area contributed by atoms with Crippen LogP contribution in [0.4, 0.5) is 10.1 Å². The van der Waals surface area contributed by atoms with Crippen LogP contribution in [0.5, 0.6) is 0 Å². The van der Waals surface area contributed by atoms with Crippen molar-refractivity contribution in [2.45, 2.75) is 26.8 Å². The van der Waals surface area contributed by atoms with Crippen molar-refractivity contribution < 1.29 is 4.39 Å². The van der Waals surface area contributed by atoms with E-state index < -0.39 is 0 Å². The van der Waals surface area contributed by atoms with E-state index in [2.05, 4.69) is 18.7 Å². The zero-order chi connectivity index (χ0) is 12.4. The topological polar surface area (TPSA) is 29.3 Å². The van der Waals surface area contributed by atoms with Crippen molar-refractivity contribution in [1.29, 1.82) is 0 Å². The van der Waals surface area contributed by atoms with Gasteiger partial charge >= 0.3 is 0 Å². The van der Waals surface area contributed by atoms with Gasteiger partial charge in [0.05, 0.1) is 0 Å². The van der Waals surface area contributed by atoms with Crippen molar-refractivity contribution in [3.63, 3.8) is 0 Å². The molecule has 1 aliphatic rings. The Morgan fingerprint density at radius 1 is 1.29 bits per heavy atom. The number of benzene rings is 1. The van der Waals surface area contributed by atoms with Gasteiger partial charge in [0.15, 0.2) is 0 Å². The molecule has 0 amide bonds. The van der Waals surface area contributed by atoms with Crippen LogP contribution in [0.3, 0.4) is 0 Å². The largest absolute Gasteiger partial charge is 0.371 e. The van der Waals surface area contributed by atoms with Crippen LogP contribution in [0.2, 0.25) is 0 Å². The summed E-state index contributed by atoms with van der Waals surface area (Å²) in [6, 6.07) is 5.13. The summed E-state index contributed by atoms with van der Waals surface area (Å²) < 4.78 is 13.5. The van der Waals surface area contributed by atoms with Gasteiger partial charge in [-0.15, -0.1) is 0 Å². The molecule has 2 atom stereocenters. The van der Waals surface area contributed by atoms with E-state index in [1.54, 1.807) is 6.07 Å². The van der Waals surface area contributed by atoms with Gasteiger partial charge in [0.1, 0.15) is 5.82 Å². The molecule has 1 saturated heterocycles. The Hall–Kier alpha value is -1.09. The van der Waals surface area contributed by atoms with Crippen LogP contribution in [0.1, 0.15) is 25.8 Å². The van der Waals surface area contributed by atoms with Gasteiger partial charge in [-0.2, -0.15) is 0 Å². The van der Waals surface area contributed by atoms with Gasteiger partial charge in [0.25, 0.3) is 0 Å². The van der Waals surface area contributed by atoms with Crippen LogP contribution in [-0.4, -0.2) is 13.1 Å². The minimum Gasteiger partial charge on any atom is -0.371 e. The summed E-state index contributed by atoms with van der Waals surface area (Å²) in [5.74, 6) is 1.23. The molecular formula is C14H21FN2. The Bertz CT molecular complexity index is 392. The SMILES string of the molecule is CC1CCN(c2cc(F)cc(CN)c2)CC1C. The zero-order valence-corrected chi connectivity index (χ0v) is 10.6. The van der Waals surface area contributed by atoms with E-state index in [0.29, 0.717) is 12.5 Å². The highest BCUT2D eigenvalue weighted by molar-refractivity contribution is 5.49. The van der Waals surface area contributed by atoms with Crippen molar-refractivity contribution in [2.24, 2.45) is 17.6 Å². The molecule has 1 aliphatic heterocycles. The highest BCUT2D eigenvalue weighted by Gasteiger charge is 2.23. The first-order valence-electron chi connectivity index (χ1n) is 6.34. The molecule has 0 aromatic heterocycles. The van der Waals surface area contributed by atoms with Crippen molar-refractivity contribution in [1.82, 2.24) is 0 Å². The Balaban J connectivity index is 2.19. The number of piperidine rings is 1. The highest BCUT2D eigenvalue weighted by atomic mass is 19.1. The predicted molar refractivity (Wildman–Crippen MR) is 69.4 cm³/mol. The van der Waals surface area contributed by atoms with E-state index in [-0.39, 0.29) is 5.82 Å². The Morgan fingerprint density at radius 2 is 2.06 bits per heavy atom. The lowest BCUT2D eigenvalue weighted by Gasteiger charge is -2.37. The number of anilines is 1. The average molecular weight is 236 g/mol. The zero-order valence-electron chi connectivity index (χ0n) is 10.6. The molecule has 94 valence electrons. The van der Waals surface area contributed by atoms with Gasteiger partial charge in [-0.1, -0.05) is 13.8 Å². The molecule has 17 heavy (non-hydrogen) atoms. The van der Waals surface area contributed by atoms with Crippen molar-refractivity contribution >= 4 is 5.69 Å². The first kappa shape index (κ1) is 12.4. The smallest absolute Gasteiger partial charge is 0.125 e. The maximum Gasteiger partial charge on any atom is 0.125 e. The summed E-state index contributed by atoms with van der Waals surface area (Å²) >= 11 is 0. The molecule has 0 aliphatic carbocycles. The van der Waals surface area contributed by atoms with Crippen molar-refractivity contribution in [3.05, 3.63) is 29.6 Å². The van der Waals surface area contributed by atoms with Crippen LogP contribution in [0, 0.1) is 17.7 Å². The molecule has 1 aromatic carbocycles. The summed E-state index contributed by atoms with van der Waals surface area (Å²) in [7, 11) is 0. The van der Waals surface area contributed by atoms with Crippen LogP contribution < -0.4 is 10.6 Å². The maximum absolute atomic E-state index is 13.5. The Morgan fingerprint density at radius 3 is 2.71 bits per heavy atom. The quantitative estimate of drug-likeness (QED) is 0.855. The van der Waals surface area contributed by atoms with Crippen LogP contribution in [0.15, 0.2) is 18.2 Å². The van der Waals surface area contributed by atoms with Crippen LogP contribution in [0.25, 0.3) is 0 Å². The van der Waals surface area contributed by atoms with E-state index in [1.807, 2.05) is 6.07 Å². The molecule has 1 aromatic rings. The van der Waals surface area contributed by atoms with Gasteiger partial charge in [-0.3, -0.25) is 0 Å². The lowest BCUT2D eigenvalue weighted by molar-refractivity contribution is 0.324. The van der Waals surface area contributed by atoms with Crippen molar-refractivity contribution in [2.75, 3.05) is 18.0 Å². The summed E-state index contributed by atoms with van der Waals surface area (Å²) in [6.45, 7) is 6.97. The molecule has 2 rings (SSSR count). The molecule has 2 N–H and O–H groups in total. The monoisotopic (exact) mass is 236 g/mol. The number of halogens is 1. The van der Waals surface area contributed by atoms with Gasteiger partial charge in [0, 0.05) is 25.3 Å². The molecule has 2 nitrogen and oxygen atoms in total. The Kier molecular flexibility index (Phi) is 3.67. The molecule has 0 bridgehead atoms. The van der Waals surface area contributed by atoms with Crippen LogP contribution in [-0.2, 0) is 6.54 Å². The highest BCUT2D eigenvalue weighted by Crippen LogP contribution is 2.28. The second-order valence-corrected chi connectivity index (χ2v) is 5.21. The molecule has 2 unspecified atom stereocenters. The minimum atomic E-state index is -0.186. The van der Waals surface area contributed by atoms with E-state index in [0.717, 1.165) is 30.3 Å². The Labute approximate surface area is 103 Å². The number of hydrogen-bond donors (Lipinski definition) is 1. The minimum absolute atomic E-state index is 0.186. The molecule has 1 fully saturated rings. The second-order valence-electron chi connectivity index (χ2n) is 5.21. The standard InChI is InChI=1S/C14H21FN2/c1-10-3-4-17(9-11(10)2)14-6-12(8-16)5-13(15)7-14/h5-7,10-11H,3-4,8-9,16H2,1-2H3. The first-order valence-corrected chi connectivity index (χ1v) is 6.34. The van der Waals surface area contributed by atoms with Gasteiger partial charge in [0.2, 0.25) is 0 Å². The van der Waals surface area contributed by atoms with E-state index in [1.165, 1.54) is 12.5 Å². The second kappa shape index (κ2) is 5.05. The molecule has 0 saturated carbocycles. The van der Waals surface area contributed by atoms with Gasteiger partial charge in [-0.25, -0.2) is 4.39 Å². The fraction of sp³-hybridized carbons (Fsp3) is 0.571. The number of rotatable bonds is 2. The molecule has 1 heterocycles. The third kappa shape index (κ3) is 2.78. The third-order valence-corrected chi connectivity index (χ3v) is 3.88. The van der Waals surface area contributed by atoms with E-state index >= 15 is 0 Å². The summed E-state index contributed by atoms with van der Waals surface area (Å²) in [6.07, 6.45) is 1.18. The van der Waals surface area contributed by atoms with Crippen molar-refractivity contribution in [3.8, 4) is 0 Å². The summed E-state index contributed by atoms with van der Waals surface area (Å²) in [4.78, 5) is 2.27. The summed E-state index contributed by atoms with van der Waals surface area (Å²) in [5, 5.41) is 0. The maximum atomic E-state index is 13.5. The van der Waals surface area contributed by atoms with Gasteiger partial charge < -0.3 is 10.6 Å². The molecule has 0 radical (unpaired) electrons. The number of nitrogens with zero attached hydrogens (tertiary/aromatic N) is 1. The lowest BCUT2D eigenvalue weighted by atomic mass is 9.88. The first-order chi connectivity index (χ1) is 8.10. The fourth-order valence-corrected chi connectivity index (χ4v) is 2.43. The van der Waals surface area contributed by atoms with Crippen LogP contribution >= 0.6 is 0 Å². The third-order valence-electron chi connectivity index (χ3n) is 3.88. The number of nitrogens with two attached hydrogens (primary N) is 1. The lowest BCUT2D eigenvalue weighted by Crippen LogP contribution is -2.38. The van der Waals surface area contributed by atoms with E-state index in [9.17, 15) is 4.39 Å². The number of hydrogen-bond acceptors (Lipinski definition) is 2. The molecule has 0 spiro atoms. The summed E-state index contributed by atoms with van der Waals surface area (Å²) in [5.41, 5.74) is 7.42. The normalized spacial score (nSPS) is 25.1.